The molecule has 1 nitrogen and oxygen atoms in total. The summed E-state index contributed by atoms with van der Waals surface area (Å²) in [5, 5.41) is 0. The van der Waals surface area contributed by atoms with Crippen molar-refractivity contribution in [3.8, 4) is 0 Å². The first-order valence-electron chi connectivity index (χ1n) is 5.73. The van der Waals surface area contributed by atoms with Crippen LogP contribution in [0.4, 0.5) is 8.78 Å². The van der Waals surface area contributed by atoms with Gasteiger partial charge in [-0.15, -0.1) is 11.3 Å². The van der Waals surface area contributed by atoms with Gasteiger partial charge >= 0.3 is 0 Å². The maximum Gasteiger partial charge on any atom is 0.126 e. The Morgan fingerprint density at radius 3 is 2.22 bits per heavy atom. The zero-order chi connectivity index (χ0) is 13.3. The third kappa shape index (κ3) is 2.94. The molecule has 0 aliphatic carbocycles. The van der Waals surface area contributed by atoms with E-state index in [0.29, 0.717) is 12.0 Å². The van der Waals surface area contributed by atoms with Crippen molar-refractivity contribution >= 4 is 11.3 Å². The average molecular weight is 267 g/mol. The van der Waals surface area contributed by atoms with Crippen LogP contribution in [0.3, 0.4) is 0 Å². The van der Waals surface area contributed by atoms with Gasteiger partial charge in [-0.3, -0.25) is 0 Å². The van der Waals surface area contributed by atoms with Gasteiger partial charge < -0.3 is 5.73 Å². The lowest BCUT2D eigenvalue weighted by atomic mass is 10.0. The topological polar surface area (TPSA) is 26.0 Å². The van der Waals surface area contributed by atoms with Gasteiger partial charge in [0.25, 0.3) is 0 Å². The van der Waals surface area contributed by atoms with Gasteiger partial charge in [-0.1, -0.05) is 0 Å². The molecule has 4 heteroatoms. The maximum atomic E-state index is 13.1. The van der Waals surface area contributed by atoms with Crippen LogP contribution < -0.4 is 5.73 Å². The second-order valence-electron chi connectivity index (χ2n) is 4.48. The molecule has 1 unspecified atom stereocenters. The molecule has 1 aromatic carbocycles. The lowest BCUT2D eigenvalue weighted by molar-refractivity contribution is 0.577. The molecule has 2 aromatic rings. The number of rotatable bonds is 3. The van der Waals surface area contributed by atoms with E-state index in [0.717, 1.165) is 10.9 Å². The van der Waals surface area contributed by atoms with Crippen LogP contribution in [0.15, 0.2) is 24.3 Å². The van der Waals surface area contributed by atoms with Crippen molar-refractivity contribution in [1.29, 1.82) is 0 Å². The van der Waals surface area contributed by atoms with Gasteiger partial charge in [-0.2, -0.15) is 0 Å². The number of thiophene rings is 1. The van der Waals surface area contributed by atoms with Crippen molar-refractivity contribution in [2.45, 2.75) is 26.3 Å². The molecule has 0 saturated heterocycles. The third-order valence-corrected chi connectivity index (χ3v) is 4.21. The Balaban J connectivity index is 2.18. The predicted molar refractivity (Wildman–Crippen MR) is 70.8 cm³/mol. The van der Waals surface area contributed by atoms with Crippen LogP contribution in [0.25, 0.3) is 0 Å². The molecule has 96 valence electrons. The van der Waals surface area contributed by atoms with Gasteiger partial charge in [-0.25, -0.2) is 8.78 Å². The highest BCUT2D eigenvalue weighted by Crippen LogP contribution is 2.27. The molecule has 2 N–H and O–H groups in total. The number of hydrogen-bond acceptors (Lipinski definition) is 2. The Morgan fingerprint density at radius 1 is 1.11 bits per heavy atom. The van der Waals surface area contributed by atoms with Crippen LogP contribution in [0.1, 0.15) is 26.9 Å². The van der Waals surface area contributed by atoms with E-state index in [1.807, 2.05) is 19.9 Å². The Hall–Kier alpha value is -1.26. The number of benzene rings is 1. The van der Waals surface area contributed by atoms with Crippen LogP contribution in [0.2, 0.25) is 0 Å². The molecule has 1 aromatic heterocycles. The Labute approximate surface area is 109 Å². The molecule has 1 atom stereocenters. The summed E-state index contributed by atoms with van der Waals surface area (Å²) in [6, 6.07) is 5.35. The SMILES string of the molecule is Cc1cc(C(N)Cc2cc(F)cc(F)c2)sc1C. The van der Waals surface area contributed by atoms with Crippen molar-refractivity contribution in [2.75, 3.05) is 0 Å². The van der Waals surface area contributed by atoms with E-state index in [4.69, 9.17) is 5.73 Å². The van der Waals surface area contributed by atoms with Crippen molar-refractivity contribution in [3.63, 3.8) is 0 Å². The highest BCUT2D eigenvalue weighted by Gasteiger charge is 2.12. The summed E-state index contributed by atoms with van der Waals surface area (Å²) in [4.78, 5) is 2.28. The monoisotopic (exact) mass is 267 g/mol. The standard InChI is InChI=1S/C14H15F2NS/c1-8-3-14(18-9(8)2)13(17)6-10-4-11(15)7-12(16)5-10/h3-5,7,13H,6,17H2,1-2H3. The van der Waals surface area contributed by atoms with Crippen LogP contribution in [-0.2, 0) is 6.42 Å². The zero-order valence-corrected chi connectivity index (χ0v) is 11.2. The van der Waals surface area contributed by atoms with Gasteiger partial charge in [0.15, 0.2) is 0 Å². The lowest BCUT2D eigenvalue weighted by Gasteiger charge is -2.09. The molecule has 0 spiro atoms. The first-order valence-corrected chi connectivity index (χ1v) is 6.55. The number of halogens is 2. The number of nitrogens with two attached hydrogens (primary N) is 1. The van der Waals surface area contributed by atoms with Gasteiger partial charge in [-0.05, 0) is 49.6 Å². The molecule has 0 aliphatic heterocycles. The minimum Gasteiger partial charge on any atom is -0.323 e. The molecule has 1 heterocycles. The number of hydrogen-bond donors (Lipinski definition) is 1. The summed E-state index contributed by atoms with van der Waals surface area (Å²) in [7, 11) is 0. The molecular weight excluding hydrogens is 252 g/mol. The second kappa shape index (κ2) is 5.16. The van der Waals surface area contributed by atoms with Crippen LogP contribution in [-0.4, -0.2) is 0 Å². The Bertz CT molecular complexity index is 523. The lowest BCUT2D eigenvalue weighted by Crippen LogP contribution is -2.12. The van der Waals surface area contributed by atoms with Gasteiger partial charge in [0.1, 0.15) is 11.6 Å². The fraction of sp³-hybridized carbons (Fsp3) is 0.286. The van der Waals surface area contributed by atoms with Crippen LogP contribution >= 0.6 is 11.3 Å². The molecule has 0 saturated carbocycles. The van der Waals surface area contributed by atoms with E-state index in [-0.39, 0.29) is 6.04 Å². The van der Waals surface area contributed by atoms with Crippen molar-refractivity contribution in [2.24, 2.45) is 5.73 Å². The Kier molecular flexibility index (Phi) is 3.78. The molecule has 0 aliphatic rings. The largest absolute Gasteiger partial charge is 0.323 e. The minimum atomic E-state index is -0.559. The van der Waals surface area contributed by atoms with Gasteiger partial charge in [0.05, 0.1) is 0 Å². The first-order chi connectivity index (χ1) is 8.45. The molecular formula is C14H15F2NS. The highest BCUT2D eigenvalue weighted by molar-refractivity contribution is 7.12. The van der Waals surface area contributed by atoms with E-state index < -0.39 is 11.6 Å². The van der Waals surface area contributed by atoms with Crippen LogP contribution in [0, 0.1) is 25.5 Å². The second-order valence-corrected chi connectivity index (χ2v) is 5.76. The Morgan fingerprint density at radius 2 is 1.72 bits per heavy atom. The summed E-state index contributed by atoms with van der Waals surface area (Å²) < 4.78 is 26.1. The summed E-state index contributed by atoms with van der Waals surface area (Å²) in [5.41, 5.74) is 7.87. The predicted octanol–water partition coefficient (Wildman–Crippen LogP) is 3.89. The fourth-order valence-corrected chi connectivity index (χ4v) is 2.91. The zero-order valence-electron chi connectivity index (χ0n) is 10.3. The molecule has 2 rings (SSSR count). The molecule has 0 radical (unpaired) electrons. The molecule has 0 bridgehead atoms. The number of aryl methyl sites for hydroxylation is 2. The normalized spacial score (nSPS) is 12.7. The summed E-state index contributed by atoms with van der Waals surface area (Å²) >= 11 is 1.64. The van der Waals surface area contributed by atoms with E-state index in [1.165, 1.54) is 22.6 Å². The van der Waals surface area contributed by atoms with E-state index >= 15 is 0 Å². The van der Waals surface area contributed by atoms with Gasteiger partial charge in [0.2, 0.25) is 0 Å². The van der Waals surface area contributed by atoms with Crippen molar-refractivity contribution in [3.05, 3.63) is 56.8 Å². The van der Waals surface area contributed by atoms with Crippen molar-refractivity contribution in [1.82, 2.24) is 0 Å². The van der Waals surface area contributed by atoms with Crippen molar-refractivity contribution < 1.29 is 8.78 Å². The smallest absolute Gasteiger partial charge is 0.126 e. The van der Waals surface area contributed by atoms with Gasteiger partial charge in [0, 0.05) is 21.9 Å². The minimum absolute atomic E-state index is 0.219. The highest BCUT2D eigenvalue weighted by atomic mass is 32.1. The fourth-order valence-electron chi connectivity index (χ4n) is 1.87. The summed E-state index contributed by atoms with van der Waals surface area (Å²) in [5.74, 6) is -1.12. The molecule has 0 fully saturated rings. The van der Waals surface area contributed by atoms with E-state index in [2.05, 4.69) is 0 Å². The van der Waals surface area contributed by atoms with Crippen LogP contribution in [0.5, 0.6) is 0 Å². The maximum absolute atomic E-state index is 13.1. The van der Waals surface area contributed by atoms with E-state index in [1.54, 1.807) is 11.3 Å². The first kappa shape index (κ1) is 13.2. The molecule has 18 heavy (non-hydrogen) atoms. The molecule has 0 amide bonds. The average Bonchev–Trinajstić information content (AvgIpc) is 2.57. The summed E-state index contributed by atoms with van der Waals surface area (Å²) in [6.45, 7) is 4.07. The van der Waals surface area contributed by atoms with E-state index in [9.17, 15) is 8.78 Å². The quantitative estimate of drug-likeness (QED) is 0.897. The summed E-state index contributed by atoms with van der Waals surface area (Å²) in [6.07, 6.45) is 0.439. The third-order valence-electron chi connectivity index (χ3n) is 2.93.